The van der Waals surface area contributed by atoms with Gasteiger partial charge in [0.1, 0.15) is 0 Å². The van der Waals surface area contributed by atoms with E-state index in [1.165, 1.54) is 77.0 Å². The zero-order valence-electron chi connectivity index (χ0n) is 15.0. The van der Waals surface area contributed by atoms with Crippen LogP contribution in [-0.4, -0.2) is 34.4 Å². The molecule has 142 valence electrons. The Hall–Kier alpha value is 0.320. The van der Waals surface area contributed by atoms with Crippen LogP contribution in [-0.2, 0) is 0 Å². The van der Waals surface area contributed by atoms with E-state index < -0.39 is 12.5 Å². The minimum atomic E-state index is -1.69. The summed E-state index contributed by atoms with van der Waals surface area (Å²) >= 11 is 0. The van der Waals surface area contributed by atoms with Gasteiger partial charge in [0.05, 0.1) is 0 Å². The number of aliphatic hydroxyl groups is 3. The Kier molecular flexibility index (Phi) is 22.6. The molecule has 0 aliphatic rings. The number of hydrogen-bond donors (Lipinski definition) is 4. The van der Waals surface area contributed by atoms with Crippen LogP contribution < -0.4 is 5.32 Å². The first-order valence-corrected chi connectivity index (χ1v) is 9.46. The topological polar surface area (TPSA) is 72.7 Å². The Morgan fingerprint density at radius 2 is 0.957 bits per heavy atom. The maximum Gasteiger partial charge on any atom is 0.192 e. The lowest BCUT2D eigenvalue weighted by Crippen LogP contribution is -2.39. The summed E-state index contributed by atoms with van der Waals surface area (Å²) in [6.07, 6.45) is 15.6. The first kappa shape index (κ1) is 25.6. The second kappa shape index (κ2) is 20.4. The maximum absolute atomic E-state index is 9.12. The Morgan fingerprint density at radius 1 is 0.609 bits per heavy atom. The van der Waals surface area contributed by atoms with Crippen molar-refractivity contribution >= 4 is 17.0 Å². The molecule has 0 aromatic carbocycles. The van der Waals surface area contributed by atoms with Crippen LogP contribution in [0.4, 0.5) is 0 Å². The molecule has 0 bridgehead atoms. The molecule has 4 N–H and O–H groups in total. The Balaban J connectivity index is 0. The minimum absolute atomic E-state index is 0. The van der Waals surface area contributed by atoms with E-state index in [4.69, 9.17) is 15.3 Å². The van der Waals surface area contributed by atoms with Crippen LogP contribution in [0.15, 0.2) is 0 Å². The third kappa shape index (κ3) is 20.3. The molecule has 0 amide bonds. The van der Waals surface area contributed by atoms with E-state index in [-0.39, 0.29) is 17.0 Å². The molecule has 1 unspecified atom stereocenters. The molecule has 0 aromatic heterocycles. The minimum Gasteiger partial charge on any atom is -0.373 e. The number of aliphatic hydroxyl groups excluding tert-OH is 2. The molecule has 23 heavy (non-hydrogen) atoms. The van der Waals surface area contributed by atoms with Gasteiger partial charge in [0.15, 0.2) is 12.5 Å². The monoisotopic (exact) mass is 397 g/mol. The third-order valence-corrected chi connectivity index (χ3v) is 4.17. The second-order valence-electron chi connectivity index (χ2n) is 6.41. The highest BCUT2D eigenvalue weighted by atomic mass is 79.9. The van der Waals surface area contributed by atoms with Gasteiger partial charge in [-0.05, 0) is 13.0 Å². The smallest absolute Gasteiger partial charge is 0.192 e. The number of rotatable bonds is 17. The number of hydrogen-bond acceptors (Lipinski definition) is 4. The van der Waals surface area contributed by atoms with Gasteiger partial charge < -0.3 is 15.3 Å². The fourth-order valence-corrected chi connectivity index (χ4v) is 2.67. The molecule has 0 fully saturated rings. The molecule has 5 heteroatoms. The number of unbranched alkanes of at least 4 members (excludes halogenated alkanes) is 13. The van der Waals surface area contributed by atoms with Gasteiger partial charge in [0.25, 0.3) is 0 Å². The molecule has 0 radical (unpaired) electrons. The molecular formula is C18H40BrNO3. The van der Waals surface area contributed by atoms with Crippen molar-refractivity contribution in [1.82, 2.24) is 5.32 Å². The first-order chi connectivity index (χ1) is 10.7. The highest BCUT2D eigenvalue weighted by Crippen LogP contribution is 2.12. The van der Waals surface area contributed by atoms with Crippen molar-refractivity contribution in [3.8, 4) is 0 Å². The van der Waals surface area contributed by atoms with Crippen LogP contribution in [0.25, 0.3) is 0 Å². The van der Waals surface area contributed by atoms with Crippen molar-refractivity contribution in [2.45, 2.75) is 109 Å². The summed E-state index contributed by atoms with van der Waals surface area (Å²) in [5.41, 5.74) is 0. The molecule has 0 aromatic rings. The lowest BCUT2D eigenvalue weighted by atomic mass is 10.0. The molecule has 0 saturated carbocycles. The summed E-state index contributed by atoms with van der Waals surface area (Å²) < 4.78 is 0. The third-order valence-electron chi connectivity index (χ3n) is 4.17. The standard InChI is InChI=1S/C18H39NO3.BrH/c1-2-3-4-5-6-7-8-9-10-11-12-13-14-15-16-19-17(20)18(21)22;/h17-22H,2-16H2,1H3;1H. The molecule has 0 aliphatic carbocycles. The summed E-state index contributed by atoms with van der Waals surface area (Å²) in [6, 6.07) is 0. The van der Waals surface area contributed by atoms with Crippen LogP contribution >= 0.6 is 17.0 Å². The quantitative estimate of drug-likeness (QED) is 0.218. The predicted molar refractivity (Wildman–Crippen MR) is 103 cm³/mol. The van der Waals surface area contributed by atoms with Crippen LogP contribution in [0.2, 0.25) is 0 Å². The lowest BCUT2D eigenvalue weighted by Gasteiger charge is -2.13. The zero-order valence-corrected chi connectivity index (χ0v) is 16.7. The van der Waals surface area contributed by atoms with Gasteiger partial charge in [-0.25, -0.2) is 0 Å². The summed E-state index contributed by atoms with van der Waals surface area (Å²) in [5, 5.41) is 29.2. The average molecular weight is 398 g/mol. The van der Waals surface area contributed by atoms with Crippen molar-refractivity contribution in [3.05, 3.63) is 0 Å². The molecular weight excluding hydrogens is 358 g/mol. The van der Waals surface area contributed by atoms with Crippen molar-refractivity contribution < 1.29 is 15.3 Å². The van der Waals surface area contributed by atoms with Crippen LogP contribution in [0.3, 0.4) is 0 Å². The average Bonchev–Trinajstić information content (AvgIpc) is 2.50. The molecule has 4 nitrogen and oxygen atoms in total. The van der Waals surface area contributed by atoms with Crippen molar-refractivity contribution in [3.63, 3.8) is 0 Å². The van der Waals surface area contributed by atoms with Gasteiger partial charge in [0, 0.05) is 0 Å². The van der Waals surface area contributed by atoms with Gasteiger partial charge in [-0.2, -0.15) is 0 Å². The lowest BCUT2D eigenvalue weighted by molar-refractivity contribution is -0.132. The molecule has 0 rings (SSSR count). The largest absolute Gasteiger partial charge is 0.373 e. The fourth-order valence-electron chi connectivity index (χ4n) is 2.67. The van der Waals surface area contributed by atoms with E-state index in [9.17, 15) is 0 Å². The first-order valence-electron chi connectivity index (χ1n) is 9.46. The van der Waals surface area contributed by atoms with E-state index in [2.05, 4.69) is 12.2 Å². The van der Waals surface area contributed by atoms with Gasteiger partial charge in [0.2, 0.25) is 0 Å². The SMILES string of the molecule is Br.CCCCCCCCCCCCCCCCNC(O)C(O)O. The summed E-state index contributed by atoms with van der Waals surface area (Å²) in [6.45, 7) is 2.90. The van der Waals surface area contributed by atoms with Gasteiger partial charge in [-0.15, -0.1) is 17.0 Å². The fraction of sp³-hybridized carbons (Fsp3) is 1.00. The maximum atomic E-state index is 9.12. The summed E-state index contributed by atoms with van der Waals surface area (Å²) in [4.78, 5) is 0. The second-order valence-corrected chi connectivity index (χ2v) is 6.41. The van der Waals surface area contributed by atoms with Crippen molar-refractivity contribution in [2.24, 2.45) is 0 Å². The molecule has 0 heterocycles. The van der Waals surface area contributed by atoms with Crippen LogP contribution in [0.5, 0.6) is 0 Å². The Labute approximate surface area is 153 Å². The van der Waals surface area contributed by atoms with E-state index in [0.717, 1.165) is 12.8 Å². The van der Waals surface area contributed by atoms with Gasteiger partial charge in [-0.3, -0.25) is 5.32 Å². The molecule has 0 saturated heterocycles. The van der Waals surface area contributed by atoms with E-state index >= 15 is 0 Å². The molecule has 1 atom stereocenters. The normalized spacial score (nSPS) is 12.4. The summed E-state index contributed by atoms with van der Waals surface area (Å²) in [7, 11) is 0. The Morgan fingerprint density at radius 3 is 1.30 bits per heavy atom. The van der Waals surface area contributed by atoms with Crippen LogP contribution in [0, 0.1) is 0 Å². The predicted octanol–water partition coefficient (Wildman–Crippen LogP) is 4.26. The highest BCUT2D eigenvalue weighted by Gasteiger charge is 2.09. The van der Waals surface area contributed by atoms with E-state index in [1.807, 2.05) is 0 Å². The van der Waals surface area contributed by atoms with Gasteiger partial charge in [-0.1, -0.05) is 90.4 Å². The number of nitrogens with one attached hydrogen (secondary N) is 1. The number of halogens is 1. The van der Waals surface area contributed by atoms with Crippen molar-refractivity contribution in [2.75, 3.05) is 6.54 Å². The van der Waals surface area contributed by atoms with E-state index in [1.54, 1.807) is 0 Å². The highest BCUT2D eigenvalue weighted by molar-refractivity contribution is 8.93. The van der Waals surface area contributed by atoms with Crippen LogP contribution in [0.1, 0.15) is 96.8 Å². The zero-order chi connectivity index (χ0) is 16.5. The summed E-state index contributed by atoms with van der Waals surface area (Å²) in [5.74, 6) is 0. The molecule has 0 aliphatic heterocycles. The van der Waals surface area contributed by atoms with Crippen molar-refractivity contribution in [1.29, 1.82) is 0 Å². The van der Waals surface area contributed by atoms with Gasteiger partial charge >= 0.3 is 0 Å². The molecule has 0 spiro atoms. The Bertz CT molecular complexity index is 218. The van der Waals surface area contributed by atoms with E-state index in [0.29, 0.717) is 6.54 Å².